The lowest BCUT2D eigenvalue weighted by Gasteiger charge is -2.30. The van der Waals surface area contributed by atoms with Gasteiger partial charge in [-0.15, -0.1) is 0 Å². The molecule has 3 rings (SSSR count). The molecule has 0 unspecified atom stereocenters. The minimum atomic E-state index is -5.24. The molecule has 10 heteroatoms. The van der Waals surface area contributed by atoms with Crippen LogP contribution in [-0.2, 0) is 4.79 Å². The van der Waals surface area contributed by atoms with Crippen molar-refractivity contribution in [3.63, 3.8) is 0 Å². The average Bonchev–Trinajstić information content (AvgIpc) is 2.95. The third kappa shape index (κ3) is 2.88. The van der Waals surface area contributed by atoms with Crippen molar-refractivity contribution in [2.24, 2.45) is 0 Å². The van der Waals surface area contributed by atoms with Crippen molar-refractivity contribution in [1.29, 1.82) is 0 Å². The molecule has 24 heavy (non-hydrogen) atoms. The highest BCUT2D eigenvalue weighted by atomic mass is 19.4. The van der Waals surface area contributed by atoms with Crippen LogP contribution in [-0.4, -0.2) is 43.3 Å². The summed E-state index contributed by atoms with van der Waals surface area (Å²) in [6.45, 7) is 2.27. The van der Waals surface area contributed by atoms with E-state index in [1.165, 1.54) is 0 Å². The number of benzene rings is 1. The second-order valence-electron chi connectivity index (χ2n) is 5.22. The Morgan fingerprint density at radius 2 is 1.88 bits per heavy atom. The highest BCUT2D eigenvalue weighted by Gasteiger charge is 2.42. The minimum Gasteiger partial charge on any atom is -0.417 e. The number of nitrogens with one attached hydrogen (secondary N) is 2. The number of halogens is 5. The summed E-state index contributed by atoms with van der Waals surface area (Å²) in [6.07, 6.45) is -4.34. The highest BCUT2D eigenvalue weighted by Crippen LogP contribution is 2.37. The summed E-state index contributed by atoms with van der Waals surface area (Å²) in [5.74, 6) is -5.83. The van der Waals surface area contributed by atoms with Crippen LogP contribution >= 0.6 is 0 Å². The highest BCUT2D eigenvalue weighted by molar-refractivity contribution is 5.98. The Hall–Kier alpha value is -2.36. The quantitative estimate of drug-likeness (QED) is 0.645. The Morgan fingerprint density at radius 1 is 1.21 bits per heavy atom. The van der Waals surface area contributed by atoms with E-state index in [0.717, 1.165) is 12.3 Å². The fourth-order valence-electron chi connectivity index (χ4n) is 2.59. The number of aromatic amines is 1. The summed E-state index contributed by atoms with van der Waals surface area (Å²) in [4.78, 5) is 15.3. The number of esters is 1. The Kier molecular flexibility index (Phi) is 4.08. The Balaban J connectivity index is 2.07. The monoisotopic (exact) mass is 349 g/mol. The summed E-state index contributed by atoms with van der Waals surface area (Å²) in [6, 6.07) is 0.967. The van der Waals surface area contributed by atoms with Crippen molar-refractivity contribution in [1.82, 2.24) is 10.3 Å². The number of rotatable bonds is 2. The number of fused-ring (bicyclic) bond motifs is 1. The van der Waals surface area contributed by atoms with Crippen molar-refractivity contribution in [3.05, 3.63) is 23.9 Å². The lowest BCUT2D eigenvalue weighted by atomic mass is 10.1. The molecule has 0 amide bonds. The van der Waals surface area contributed by atoms with E-state index in [1.807, 2.05) is 0 Å². The number of carbonyl (C=O) groups is 1. The first kappa shape index (κ1) is 16.5. The molecule has 0 radical (unpaired) electrons. The van der Waals surface area contributed by atoms with E-state index in [9.17, 15) is 26.7 Å². The number of alkyl halides is 3. The summed E-state index contributed by atoms with van der Waals surface area (Å²) < 4.78 is 69.1. The maximum absolute atomic E-state index is 14.1. The molecule has 1 fully saturated rings. The fourth-order valence-corrected chi connectivity index (χ4v) is 2.59. The lowest BCUT2D eigenvalue weighted by molar-refractivity contribution is -0.189. The van der Waals surface area contributed by atoms with Crippen molar-refractivity contribution in [2.45, 2.75) is 6.18 Å². The molecule has 1 aliphatic rings. The number of H-pyrrole nitrogens is 1. The summed E-state index contributed by atoms with van der Waals surface area (Å²) in [7, 11) is 0. The number of hydrogen-bond donors (Lipinski definition) is 2. The van der Waals surface area contributed by atoms with Gasteiger partial charge in [-0.3, -0.25) is 0 Å². The van der Waals surface area contributed by atoms with E-state index in [2.05, 4.69) is 15.0 Å². The zero-order chi connectivity index (χ0) is 17.5. The van der Waals surface area contributed by atoms with E-state index in [-0.39, 0.29) is 5.52 Å². The maximum Gasteiger partial charge on any atom is 0.491 e. The van der Waals surface area contributed by atoms with Crippen LogP contribution in [0.15, 0.2) is 12.3 Å². The number of nitrogens with zero attached hydrogens (tertiary/aromatic N) is 1. The van der Waals surface area contributed by atoms with E-state index in [4.69, 9.17) is 0 Å². The first-order valence-electron chi connectivity index (χ1n) is 7.03. The van der Waals surface area contributed by atoms with Gasteiger partial charge in [-0.05, 0) is 0 Å². The van der Waals surface area contributed by atoms with Gasteiger partial charge in [-0.1, -0.05) is 0 Å². The van der Waals surface area contributed by atoms with Crippen LogP contribution in [0.1, 0.15) is 0 Å². The van der Waals surface area contributed by atoms with Gasteiger partial charge in [-0.25, -0.2) is 13.6 Å². The number of aromatic nitrogens is 1. The van der Waals surface area contributed by atoms with Crippen LogP contribution in [0.2, 0.25) is 0 Å². The van der Waals surface area contributed by atoms with Gasteiger partial charge < -0.3 is 19.9 Å². The standard InChI is InChI=1S/C14H12F5N3O2/c15-7-5-8(22-3-1-20-2-4-22)12-10(11(7)16)9(6-21-12)24-13(23)14(17,18)19/h5-6,20-21H,1-4H2. The van der Waals surface area contributed by atoms with E-state index < -0.39 is 34.9 Å². The topological polar surface area (TPSA) is 57.4 Å². The molecule has 1 aromatic carbocycles. The molecule has 0 aliphatic carbocycles. The van der Waals surface area contributed by atoms with Crippen LogP contribution in [0.5, 0.6) is 5.75 Å². The molecular formula is C14H12F5N3O2. The second-order valence-corrected chi connectivity index (χ2v) is 5.22. The summed E-state index contributed by atoms with van der Waals surface area (Å²) in [5, 5.41) is 2.57. The largest absolute Gasteiger partial charge is 0.491 e. The second kappa shape index (κ2) is 5.93. The lowest BCUT2D eigenvalue weighted by Crippen LogP contribution is -2.43. The molecule has 130 valence electrons. The van der Waals surface area contributed by atoms with Gasteiger partial charge in [0, 0.05) is 38.4 Å². The van der Waals surface area contributed by atoms with Crippen LogP contribution < -0.4 is 15.0 Å². The zero-order valence-electron chi connectivity index (χ0n) is 12.1. The van der Waals surface area contributed by atoms with Gasteiger partial charge in [-0.2, -0.15) is 13.2 Å². The minimum absolute atomic E-state index is 0.0702. The van der Waals surface area contributed by atoms with Gasteiger partial charge in [0.25, 0.3) is 0 Å². The van der Waals surface area contributed by atoms with Crippen LogP contribution in [0.3, 0.4) is 0 Å². The Labute approximate surface area is 132 Å². The van der Waals surface area contributed by atoms with E-state index in [0.29, 0.717) is 31.9 Å². The molecule has 1 saturated heterocycles. The molecule has 2 aromatic rings. The summed E-state index contributed by atoms with van der Waals surface area (Å²) >= 11 is 0. The third-order valence-electron chi connectivity index (χ3n) is 3.68. The summed E-state index contributed by atoms with van der Waals surface area (Å²) in [5.41, 5.74) is 0.362. The van der Waals surface area contributed by atoms with Crippen LogP contribution in [0.25, 0.3) is 10.9 Å². The van der Waals surface area contributed by atoms with E-state index >= 15 is 0 Å². The molecule has 2 heterocycles. The predicted molar refractivity (Wildman–Crippen MR) is 75.0 cm³/mol. The SMILES string of the molecule is O=C(Oc1c[nH]c2c(N3CCNCC3)cc(F)c(F)c12)C(F)(F)F. The third-order valence-corrected chi connectivity index (χ3v) is 3.68. The molecular weight excluding hydrogens is 337 g/mol. The molecule has 0 spiro atoms. The zero-order valence-corrected chi connectivity index (χ0v) is 12.1. The van der Waals surface area contributed by atoms with Crippen LogP contribution in [0, 0.1) is 11.6 Å². The van der Waals surface area contributed by atoms with Gasteiger partial charge in [0.05, 0.1) is 16.6 Å². The molecule has 0 atom stereocenters. The van der Waals surface area contributed by atoms with Crippen molar-refractivity contribution in [2.75, 3.05) is 31.1 Å². The number of anilines is 1. The van der Waals surface area contributed by atoms with Crippen LogP contribution in [0.4, 0.5) is 27.6 Å². The molecule has 2 N–H and O–H groups in total. The van der Waals surface area contributed by atoms with Gasteiger partial charge in [0.15, 0.2) is 17.4 Å². The van der Waals surface area contributed by atoms with Gasteiger partial charge in [0.2, 0.25) is 0 Å². The predicted octanol–water partition coefficient (Wildman–Crippen LogP) is 2.32. The van der Waals surface area contributed by atoms with E-state index in [1.54, 1.807) is 4.90 Å². The fraction of sp³-hybridized carbons (Fsp3) is 0.357. The molecule has 0 bridgehead atoms. The average molecular weight is 349 g/mol. The number of carbonyl (C=O) groups excluding carboxylic acids is 1. The molecule has 1 aromatic heterocycles. The Bertz CT molecular complexity index is 781. The molecule has 1 aliphatic heterocycles. The first-order valence-corrected chi connectivity index (χ1v) is 7.03. The number of hydrogen-bond acceptors (Lipinski definition) is 4. The number of ether oxygens (including phenoxy) is 1. The molecule has 5 nitrogen and oxygen atoms in total. The first-order chi connectivity index (χ1) is 11.3. The maximum atomic E-state index is 14.1. The van der Waals surface area contributed by atoms with Crippen molar-refractivity contribution < 1.29 is 31.5 Å². The van der Waals surface area contributed by atoms with Crippen molar-refractivity contribution in [3.8, 4) is 5.75 Å². The molecule has 0 saturated carbocycles. The van der Waals surface area contributed by atoms with Gasteiger partial charge >= 0.3 is 12.1 Å². The van der Waals surface area contributed by atoms with Gasteiger partial charge in [0.1, 0.15) is 0 Å². The normalized spacial score (nSPS) is 15.8. The Morgan fingerprint density at radius 3 is 2.50 bits per heavy atom. The smallest absolute Gasteiger partial charge is 0.417 e. The number of piperazine rings is 1. The van der Waals surface area contributed by atoms with Crippen molar-refractivity contribution >= 4 is 22.6 Å².